The topological polar surface area (TPSA) is 80.0 Å². The maximum Gasteiger partial charge on any atom is 0.296 e. The number of Topliss-reactive ketones (excluding diaryl/α,β-unsaturated/α-hetero) is 1. The molecule has 1 aromatic heterocycles. The predicted octanol–water partition coefficient (Wildman–Crippen LogP) is 4.56. The van der Waals surface area contributed by atoms with Crippen LogP contribution in [0.25, 0.3) is 5.76 Å². The molecule has 1 atom stereocenters. The molecule has 1 saturated heterocycles. The van der Waals surface area contributed by atoms with Gasteiger partial charge in [0.25, 0.3) is 11.7 Å². The number of methoxy groups -OCH3 is 1. The van der Waals surface area contributed by atoms with Crippen molar-refractivity contribution in [3.8, 4) is 5.75 Å². The maximum absolute atomic E-state index is 13.0. The van der Waals surface area contributed by atoms with E-state index in [2.05, 4.69) is 0 Å². The van der Waals surface area contributed by atoms with Crippen molar-refractivity contribution < 1.29 is 23.8 Å². The molecule has 0 spiro atoms. The molecule has 4 rings (SSSR count). The van der Waals surface area contributed by atoms with Crippen LogP contribution in [-0.4, -0.2) is 28.8 Å². The summed E-state index contributed by atoms with van der Waals surface area (Å²) in [6, 6.07) is 16.1. The highest BCUT2D eigenvalue weighted by Gasteiger charge is 2.46. The highest BCUT2D eigenvalue weighted by Crippen LogP contribution is 2.41. The first kappa shape index (κ1) is 19.8. The van der Waals surface area contributed by atoms with Crippen molar-refractivity contribution in [3.63, 3.8) is 0 Å². The molecule has 0 aliphatic carbocycles. The van der Waals surface area contributed by atoms with Crippen molar-refractivity contribution in [3.05, 3.63) is 94.4 Å². The largest absolute Gasteiger partial charge is 0.507 e. The van der Waals surface area contributed by atoms with Crippen molar-refractivity contribution in [2.24, 2.45) is 0 Å². The van der Waals surface area contributed by atoms with E-state index in [1.807, 2.05) is 0 Å². The number of hydrogen-bond acceptors (Lipinski definition) is 5. The quantitative estimate of drug-likeness (QED) is 0.369. The monoisotopic (exact) mass is 423 g/mol. The van der Waals surface area contributed by atoms with Crippen molar-refractivity contribution in [1.82, 2.24) is 4.90 Å². The van der Waals surface area contributed by atoms with Gasteiger partial charge in [-0.2, -0.15) is 0 Å². The Morgan fingerprint density at radius 3 is 2.53 bits per heavy atom. The van der Waals surface area contributed by atoms with E-state index < -0.39 is 17.7 Å². The minimum Gasteiger partial charge on any atom is -0.507 e. The summed E-state index contributed by atoms with van der Waals surface area (Å²) in [5.41, 5.74) is 1.01. The van der Waals surface area contributed by atoms with Crippen molar-refractivity contribution in [2.45, 2.75) is 12.6 Å². The highest BCUT2D eigenvalue weighted by molar-refractivity contribution is 6.46. The fourth-order valence-corrected chi connectivity index (χ4v) is 3.74. The fraction of sp³-hybridized carbons (Fsp3) is 0.130. The van der Waals surface area contributed by atoms with Crippen LogP contribution in [0.1, 0.15) is 22.9 Å². The van der Waals surface area contributed by atoms with E-state index in [0.29, 0.717) is 27.7 Å². The number of ketones is 1. The summed E-state index contributed by atoms with van der Waals surface area (Å²) < 4.78 is 10.5. The Hall–Kier alpha value is -3.51. The van der Waals surface area contributed by atoms with Gasteiger partial charge in [-0.1, -0.05) is 23.7 Å². The molecule has 2 aromatic carbocycles. The number of hydrogen-bond donors (Lipinski definition) is 1. The number of halogens is 1. The molecule has 0 radical (unpaired) electrons. The van der Waals surface area contributed by atoms with Gasteiger partial charge in [0.05, 0.1) is 31.5 Å². The molecule has 1 fully saturated rings. The molecule has 1 N–H and O–H groups in total. The normalized spacial score (nSPS) is 18.1. The second kappa shape index (κ2) is 8.08. The smallest absolute Gasteiger partial charge is 0.296 e. The number of furan rings is 1. The first-order valence-corrected chi connectivity index (χ1v) is 9.58. The van der Waals surface area contributed by atoms with Gasteiger partial charge in [-0.25, -0.2) is 0 Å². The lowest BCUT2D eigenvalue weighted by molar-refractivity contribution is -0.140. The number of benzene rings is 2. The van der Waals surface area contributed by atoms with Gasteiger partial charge in [0, 0.05) is 10.6 Å². The number of aliphatic hydroxyl groups is 1. The van der Waals surface area contributed by atoms with E-state index in [1.165, 1.54) is 18.3 Å². The molecule has 0 saturated carbocycles. The van der Waals surface area contributed by atoms with Crippen LogP contribution in [-0.2, 0) is 16.1 Å². The Kier molecular flexibility index (Phi) is 5.33. The molecule has 152 valence electrons. The van der Waals surface area contributed by atoms with Gasteiger partial charge in [0.1, 0.15) is 17.3 Å². The van der Waals surface area contributed by atoms with Crippen LogP contribution in [0.15, 0.2) is 76.9 Å². The molecule has 1 amide bonds. The van der Waals surface area contributed by atoms with Gasteiger partial charge < -0.3 is 19.2 Å². The summed E-state index contributed by atoms with van der Waals surface area (Å²) >= 11 is 6.16. The lowest BCUT2D eigenvalue weighted by atomic mass is 9.95. The summed E-state index contributed by atoms with van der Waals surface area (Å²) in [5.74, 6) is -0.612. The Morgan fingerprint density at radius 2 is 1.90 bits per heavy atom. The summed E-state index contributed by atoms with van der Waals surface area (Å²) in [6.45, 7) is 0.0775. The molecule has 1 aliphatic rings. The van der Waals surface area contributed by atoms with Crippen LogP contribution in [0.5, 0.6) is 5.75 Å². The summed E-state index contributed by atoms with van der Waals surface area (Å²) in [5, 5.41) is 11.5. The highest BCUT2D eigenvalue weighted by atomic mass is 35.5. The third-order valence-electron chi connectivity index (χ3n) is 4.97. The lowest BCUT2D eigenvalue weighted by Gasteiger charge is -2.24. The molecule has 2 heterocycles. The zero-order valence-corrected chi connectivity index (χ0v) is 16.8. The Morgan fingerprint density at radius 1 is 1.13 bits per heavy atom. The molecule has 3 aromatic rings. The predicted molar refractivity (Wildman–Crippen MR) is 111 cm³/mol. The van der Waals surface area contributed by atoms with Crippen molar-refractivity contribution in [2.75, 3.05) is 7.11 Å². The third kappa shape index (κ3) is 3.57. The van der Waals surface area contributed by atoms with Crippen LogP contribution in [0, 0.1) is 0 Å². The van der Waals surface area contributed by atoms with Crippen molar-refractivity contribution in [1.29, 1.82) is 0 Å². The number of likely N-dealkylation sites (tertiary alicyclic amines) is 1. The Bertz CT molecular complexity index is 1120. The molecule has 7 heteroatoms. The standard InChI is InChI=1S/C23H18ClNO5/c1-29-17-9-7-14(8-10-17)21(26)19-20(15-4-2-5-16(24)12-15)25(23(28)22(19)27)13-18-6-3-11-30-18/h2-12,20,26H,13H2,1H3/b21-19-. The maximum atomic E-state index is 13.0. The minimum absolute atomic E-state index is 0.000936. The Balaban J connectivity index is 1.85. The number of amides is 1. The number of carbonyl (C=O) groups excluding carboxylic acids is 2. The van der Waals surface area contributed by atoms with E-state index in [1.54, 1.807) is 60.7 Å². The molecule has 1 aliphatic heterocycles. The molecular weight excluding hydrogens is 406 g/mol. The van der Waals surface area contributed by atoms with E-state index >= 15 is 0 Å². The zero-order valence-electron chi connectivity index (χ0n) is 16.0. The SMILES string of the molecule is COc1ccc(/C(O)=C2/C(=O)C(=O)N(Cc3ccco3)C2c2cccc(Cl)c2)cc1. The average Bonchev–Trinajstić information content (AvgIpc) is 3.36. The van der Waals surface area contributed by atoms with Crippen LogP contribution < -0.4 is 4.74 Å². The summed E-state index contributed by atoms with van der Waals surface area (Å²) in [7, 11) is 1.54. The van der Waals surface area contributed by atoms with E-state index in [4.69, 9.17) is 20.8 Å². The van der Waals surface area contributed by atoms with Crippen molar-refractivity contribution >= 4 is 29.1 Å². The number of nitrogens with zero attached hydrogens (tertiary/aromatic N) is 1. The first-order chi connectivity index (χ1) is 14.5. The minimum atomic E-state index is -0.809. The van der Waals surface area contributed by atoms with Crippen LogP contribution in [0.3, 0.4) is 0 Å². The number of rotatable bonds is 5. The van der Waals surface area contributed by atoms with Gasteiger partial charge >= 0.3 is 0 Å². The first-order valence-electron chi connectivity index (χ1n) is 9.20. The van der Waals surface area contributed by atoms with Gasteiger partial charge in [-0.05, 0) is 54.1 Å². The molecule has 6 nitrogen and oxygen atoms in total. The van der Waals surface area contributed by atoms with Gasteiger partial charge in [0.2, 0.25) is 0 Å². The molecule has 1 unspecified atom stereocenters. The second-order valence-electron chi connectivity index (χ2n) is 6.79. The van der Waals surface area contributed by atoms with Gasteiger partial charge in [-0.3, -0.25) is 9.59 Å². The summed E-state index contributed by atoms with van der Waals surface area (Å²) in [4.78, 5) is 27.2. The zero-order chi connectivity index (χ0) is 21.3. The molecular formula is C23H18ClNO5. The van der Waals surface area contributed by atoms with E-state index in [0.717, 1.165) is 0 Å². The molecule has 0 bridgehead atoms. The summed E-state index contributed by atoms with van der Waals surface area (Å²) in [6.07, 6.45) is 1.50. The van der Waals surface area contributed by atoms with Crippen LogP contribution in [0.4, 0.5) is 0 Å². The van der Waals surface area contributed by atoms with E-state index in [-0.39, 0.29) is 17.9 Å². The fourth-order valence-electron chi connectivity index (χ4n) is 3.54. The average molecular weight is 424 g/mol. The molecule has 30 heavy (non-hydrogen) atoms. The third-order valence-corrected chi connectivity index (χ3v) is 5.21. The Labute approximate surface area is 177 Å². The number of aliphatic hydroxyl groups excluding tert-OH is 1. The lowest BCUT2D eigenvalue weighted by Crippen LogP contribution is -2.29. The number of carbonyl (C=O) groups is 2. The van der Waals surface area contributed by atoms with Gasteiger partial charge in [-0.15, -0.1) is 0 Å². The van der Waals surface area contributed by atoms with Crippen LogP contribution in [0.2, 0.25) is 5.02 Å². The second-order valence-corrected chi connectivity index (χ2v) is 7.23. The van der Waals surface area contributed by atoms with Gasteiger partial charge in [0.15, 0.2) is 0 Å². The number of ether oxygens (including phenoxy) is 1. The van der Waals surface area contributed by atoms with E-state index in [9.17, 15) is 14.7 Å². The van der Waals surface area contributed by atoms with Crippen LogP contribution >= 0.6 is 11.6 Å².